The van der Waals surface area contributed by atoms with Gasteiger partial charge in [0.1, 0.15) is 0 Å². The largest absolute Gasteiger partial charge is 0.478 e. The Morgan fingerprint density at radius 1 is 0.880 bits per heavy atom. The maximum atomic E-state index is 11.4. The first-order chi connectivity index (χ1) is 12.1. The maximum absolute atomic E-state index is 11.4. The number of aromatic amines is 1. The van der Waals surface area contributed by atoms with E-state index in [4.69, 9.17) is 11.6 Å². The van der Waals surface area contributed by atoms with Crippen molar-refractivity contribution in [1.29, 1.82) is 0 Å². The van der Waals surface area contributed by atoms with Gasteiger partial charge in [0.05, 0.1) is 10.6 Å². The number of halogens is 1. The molecular weight excluding hydrogens is 334 g/mol. The van der Waals surface area contributed by atoms with Crippen LogP contribution in [0.15, 0.2) is 72.9 Å². The number of fused-ring (bicyclic) bond motifs is 1. The number of hydrogen-bond donors (Lipinski definition) is 2. The molecule has 0 amide bonds. The van der Waals surface area contributed by atoms with Crippen molar-refractivity contribution >= 4 is 28.5 Å². The number of rotatable bonds is 3. The van der Waals surface area contributed by atoms with Crippen molar-refractivity contribution in [2.45, 2.75) is 0 Å². The monoisotopic (exact) mass is 347 g/mol. The third-order valence-corrected chi connectivity index (χ3v) is 4.62. The molecule has 0 saturated heterocycles. The summed E-state index contributed by atoms with van der Waals surface area (Å²) in [6.07, 6.45) is 1.49. The summed E-state index contributed by atoms with van der Waals surface area (Å²) >= 11 is 6.42. The minimum Gasteiger partial charge on any atom is -0.478 e. The molecule has 0 aliphatic rings. The van der Waals surface area contributed by atoms with Gasteiger partial charge in [0.15, 0.2) is 0 Å². The Hall–Kier alpha value is -3.04. The molecule has 3 nitrogen and oxygen atoms in total. The maximum Gasteiger partial charge on any atom is 0.337 e. The second-order valence-electron chi connectivity index (χ2n) is 5.83. The van der Waals surface area contributed by atoms with Crippen molar-refractivity contribution in [3.63, 3.8) is 0 Å². The Labute approximate surface area is 149 Å². The van der Waals surface area contributed by atoms with E-state index in [0.717, 1.165) is 22.3 Å². The quantitative estimate of drug-likeness (QED) is 0.488. The first-order valence-electron chi connectivity index (χ1n) is 7.83. The van der Waals surface area contributed by atoms with Gasteiger partial charge in [0.25, 0.3) is 0 Å². The molecule has 1 heterocycles. The van der Waals surface area contributed by atoms with Crippen molar-refractivity contribution < 1.29 is 9.90 Å². The molecule has 2 N–H and O–H groups in total. The molecule has 3 aromatic carbocycles. The number of carboxylic acids is 1. The van der Waals surface area contributed by atoms with E-state index in [2.05, 4.69) is 17.1 Å². The molecule has 1 aromatic heterocycles. The number of H-pyrrole nitrogens is 1. The number of nitrogens with one attached hydrogen (secondary N) is 1. The Bertz CT molecular complexity index is 1070. The predicted octanol–water partition coefficient (Wildman–Crippen LogP) is 5.85. The molecule has 0 spiro atoms. The zero-order valence-electron chi connectivity index (χ0n) is 13.2. The number of aromatic carboxylic acids is 1. The summed E-state index contributed by atoms with van der Waals surface area (Å²) in [5, 5.41) is 10.5. The number of aromatic nitrogens is 1. The van der Waals surface area contributed by atoms with Crippen LogP contribution in [-0.4, -0.2) is 16.1 Å². The fourth-order valence-corrected chi connectivity index (χ4v) is 3.29. The summed E-state index contributed by atoms with van der Waals surface area (Å²) in [5.74, 6) is -0.959. The average Bonchev–Trinajstić information content (AvgIpc) is 3.05. The van der Waals surface area contributed by atoms with Gasteiger partial charge in [-0.1, -0.05) is 66.2 Å². The lowest BCUT2D eigenvalue weighted by Gasteiger charge is -2.08. The molecule has 25 heavy (non-hydrogen) atoms. The fraction of sp³-hybridized carbons (Fsp3) is 0. The highest BCUT2D eigenvalue weighted by molar-refractivity contribution is 6.34. The summed E-state index contributed by atoms with van der Waals surface area (Å²) in [6.45, 7) is 0. The third kappa shape index (κ3) is 2.79. The summed E-state index contributed by atoms with van der Waals surface area (Å²) < 4.78 is 0. The number of carbonyl (C=O) groups is 1. The van der Waals surface area contributed by atoms with Crippen LogP contribution in [-0.2, 0) is 0 Å². The fourth-order valence-electron chi connectivity index (χ4n) is 3.01. The molecule has 4 aromatic rings. The Morgan fingerprint density at radius 3 is 2.20 bits per heavy atom. The van der Waals surface area contributed by atoms with Crippen LogP contribution in [0.25, 0.3) is 33.2 Å². The molecule has 0 aliphatic carbocycles. The van der Waals surface area contributed by atoms with Crippen LogP contribution in [0.5, 0.6) is 0 Å². The molecular formula is C21H14ClNO2. The summed E-state index contributed by atoms with van der Waals surface area (Å²) in [7, 11) is 0. The van der Waals surface area contributed by atoms with E-state index in [9.17, 15) is 9.90 Å². The smallest absolute Gasteiger partial charge is 0.337 e. The van der Waals surface area contributed by atoms with Gasteiger partial charge in [-0.3, -0.25) is 0 Å². The van der Waals surface area contributed by atoms with Crippen LogP contribution in [0, 0.1) is 0 Å². The van der Waals surface area contributed by atoms with Gasteiger partial charge in [-0.2, -0.15) is 0 Å². The molecule has 0 radical (unpaired) electrons. The normalized spacial score (nSPS) is 10.9. The Kier molecular flexibility index (Phi) is 3.79. The van der Waals surface area contributed by atoms with Gasteiger partial charge >= 0.3 is 5.97 Å². The minimum atomic E-state index is -0.959. The number of carboxylic acid groups (broad SMARTS) is 1. The topological polar surface area (TPSA) is 53.1 Å². The second kappa shape index (κ2) is 6.11. The predicted molar refractivity (Wildman–Crippen MR) is 101 cm³/mol. The molecule has 0 atom stereocenters. The van der Waals surface area contributed by atoms with E-state index < -0.39 is 5.97 Å². The summed E-state index contributed by atoms with van der Waals surface area (Å²) in [4.78, 5) is 14.3. The highest BCUT2D eigenvalue weighted by Crippen LogP contribution is 2.34. The molecule has 0 unspecified atom stereocenters. The lowest BCUT2D eigenvalue weighted by molar-refractivity contribution is 0.0699. The van der Waals surface area contributed by atoms with Crippen molar-refractivity contribution in [3.8, 4) is 22.3 Å². The van der Waals surface area contributed by atoms with Gasteiger partial charge in [0, 0.05) is 22.7 Å². The highest BCUT2D eigenvalue weighted by atomic mass is 35.5. The first-order valence-corrected chi connectivity index (χ1v) is 8.21. The van der Waals surface area contributed by atoms with E-state index >= 15 is 0 Å². The Balaban J connectivity index is 1.80. The summed E-state index contributed by atoms with van der Waals surface area (Å²) in [6, 6.07) is 21.8. The molecule has 0 aliphatic heterocycles. The zero-order valence-corrected chi connectivity index (χ0v) is 13.9. The zero-order chi connectivity index (χ0) is 17.4. The summed E-state index contributed by atoms with van der Waals surface area (Å²) in [5.41, 5.74) is 4.99. The molecule has 0 fully saturated rings. The molecule has 0 bridgehead atoms. The average molecular weight is 348 g/mol. The highest BCUT2D eigenvalue weighted by Gasteiger charge is 2.14. The lowest BCUT2D eigenvalue weighted by atomic mass is 9.99. The third-order valence-electron chi connectivity index (χ3n) is 4.30. The molecule has 0 saturated carbocycles. The van der Waals surface area contributed by atoms with Crippen LogP contribution in [0.4, 0.5) is 0 Å². The van der Waals surface area contributed by atoms with Gasteiger partial charge in [-0.25, -0.2) is 4.79 Å². The van der Waals surface area contributed by atoms with Crippen molar-refractivity contribution in [3.05, 3.63) is 83.5 Å². The van der Waals surface area contributed by atoms with E-state index in [1.807, 2.05) is 48.5 Å². The van der Waals surface area contributed by atoms with Crippen LogP contribution in [0.1, 0.15) is 10.4 Å². The van der Waals surface area contributed by atoms with E-state index in [1.54, 1.807) is 6.07 Å². The van der Waals surface area contributed by atoms with Gasteiger partial charge in [-0.15, -0.1) is 0 Å². The van der Waals surface area contributed by atoms with Gasteiger partial charge in [0.2, 0.25) is 0 Å². The second-order valence-corrected chi connectivity index (χ2v) is 6.24. The lowest BCUT2D eigenvalue weighted by Crippen LogP contribution is -1.93. The van der Waals surface area contributed by atoms with E-state index in [1.165, 1.54) is 6.20 Å². The van der Waals surface area contributed by atoms with Crippen LogP contribution >= 0.6 is 11.6 Å². The minimum absolute atomic E-state index is 0.244. The standard InChI is InChI=1S/C21H14ClNO2/c22-19-11-20-17(18(12-23-20)21(24)25)10-16(19)15-8-6-14(7-9-15)13-4-2-1-3-5-13/h1-12,23H,(H,24,25). The van der Waals surface area contributed by atoms with Crippen LogP contribution in [0.2, 0.25) is 5.02 Å². The first kappa shape index (κ1) is 15.5. The number of benzene rings is 3. The Morgan fingerprint density at radius 2 is 1.52 bits per heavy atom. The van der Waals surface area contributed by atoms with Crippen molar-refractivity contribution in [2.24, 2.45) is 0 Å². The van der Waals surface area contributed by atoms with E-state index in [-0.39, 0.29) is 5.56 Å². The molecule has 4 heteroatoms. The molecule has 4 rings (SSSR count). The van der Waals surface area contributed by atoms with Crippen LogP contribution in [0.3, 0.4) is 0 Å². The van der Waals surface area contributed by atoms with Crippen LogP contribution < -0.4 is 0 Å². The van der Waals surface area contributed by atoms with Crippen molar-refractivity contribution in [1.82, 2.24) is 4.98 Å². The van der Waals surface area contributed by atoms with E-state index in [0.29, 0.717) is 15.9 Å². The number of hydrogen-bond acceptors (Lipinski definition) is 1. The van der Waals surface area contributed by atoms with Gasteiger partial charge < -0.3 is 10.1 Å². The molecule has 122 valence electrons. The SMILES string of the molecule is O=C(O)c1c[nH]c2cc(Cl)c(-c3ccc(-c4ccccc4)cc3)cc12. The van der Waals surface area contributed by atoms with Gasteiger partial charge in [-0.05, 0) is 28.8 Å². The van der Waals surface area contributed by atoms with Crippen molar-refractivity contribution in [2.75, 3.05) is 0 Å².